The van der Waals surface area contributed by atoms with Crippen molar-refractivity contribution in [2.75, 3.05) is 0 Å². The highest BCUT2D eigenvalue weighted by Crippen LogP contribution is 2.32. The predicted octanol–water partition coefficient (Wildman–Crippen LogP) is 5.09. The molecule has 2 aromatic heterocycles. The Morgan fingerprint density at radius 2 is 1.79 bits per heavy atom. The summed E-state index contributed by atoms with van der Waals surface area (Å²) in [5.74, 6) is -0.193. The number of rotatable bonds is 4. The molecule has 140 valence electrons. The minimum Gasteiger partial charge on any atom is -0.348 e. The van der Waals surface area contributed by atoms with Crippen LogP contribution in [-0.2, 0) is 6.54 Å². The van der Waals surface area contributed by atoms with Gasteiger partial charge in [0.15, 0.2) is 0 Å². The standard InChI is InChI=1S/C22H18ClN3O2/c1-13-18-14(2)26-28-22(18)25-20(16-8-10-17(23)11-9-16)19(13)21(27)24-12-15-6-4-3-5-7-15/h3-11H,12H2,1-2H3,(H,24,27). The SMILES string of the molecule is Cc1noc2nc(-c3ccc(Cl)cc3)c(C(=O)NCc3ccccc3)c(C)c12. The number of halogens is 1. The number of hydrogen-bond acceptors (Lipinski definition) is 4. The first-order valence-electron chi connectivity index (χ1n) is 8.89. The molecular weight excluding hydrogens is 374 g/mol. The summed E-state index contributed by atoms with van der Waals surface area (Å²) in [6, 6.07) is 17.0. The highest BCUT2D eigenvalue weighted by Gasteiger charge is 2.23. The number of hydrogen-bond donors (Lipinski definition) is 1. The molecule has 0 fully saturated rings. The summed E-state index contributed by atoms with van der Waals surface area (Å²) < 4.78 is 5.36. The van der Waals surface area contributed by atoms with Crippen LogP contribution in [0, 0.1) is 13.8 Å². The fourth-order valence-corrected chi connectivity index (χ4v) is 3.41. The van der Waals surface area contributed by atoms with Crippen molar-refractivity contribution < 1.29 is 9.32 Å². The number of nitrogens with one attached hydrogen (secondary N) is 1. The van der Waals surface area contributed by atoms with Crippen LogP contribution >= 0.6 is 11.6 Å². The van der Waals surface area contributed by atoms with Gasteiger partial charge in [-0.05, 0) is 37.1 Å². The molecule has 5 nitrogen and oxygen atoms in total. The molecule has 0 aliphatic heterocycles. The van der Waals surface area contributed by atoms with E-state index in [2.05, 4.69) is 15.5 Å². The molecule has 0 aliphatic carbocycles. The van der Waals surface area contributed by atoms with Gasteiger partial charge >= 0.3 is 0 Å². The van der Waals surface area contributed by atoms with Crippen LogP contribution in [0.15, 0.2) is 59.1 Å². The predicted molar refractivity (Wildman–Crippen MR) is 109 cm³/mol. The smallest absolute Gasteiger partial charge is 0.258 e. The lowest BCUT2D eigenvalue weighted by Gasteiger charge is -2.13. The van der Waals surface area contributed by atoms with Gasteiger partial charge in [-0.15, -0.1) is 0 Å². The van der Waals surface area contributed by atoms with Crippen molar-refractivity contribution >= 4 is 28.6 Å². The van der Waals surface area contributed by atoms with Gasteiger partial charge in [0.05, 0.1) is 22.3 Å². The Bertz CT molecular complexity index is 1150. The maximum atomic E-state index is 13.1. The molecule has 0 aliphatic rings. The van der Waals surface area contributed by atoms with Crippen molar-refractivity contribution in [3.63, 3.8) is 0 Å². The van der Waals surface area contributed by atoms with E-state index in [1.165, 1.54) is 0 Å². The fraction of sp³-hybridized carbons (Fsp3) is 0.136. The summed E-state index contributed by atoms with van der Waals surface area (Å²) in [4.78, 5) is 17.7. The summed E-state index contributed by atoms with van der Waals surface area (Å²) in [7, 11) is 0. The molecular formula is C22H18ClN3O2. The monoisotopic (exact) mass is 391 g/mol. The first-order chi connectivity index (χ1) is 13.5. The fourth-order valence-electron chi connectivity index (χ4n) is 3.29. The van der Waals surface area contributed by atoms with Crippen molar-refractivity contribution in [2.24, 2.45) is 0 Å². The second-order valence-electron chi connectivity index (χ2n) is 6.58. The number of nitrogens with zero attached hydrogens (tertiary/aromatic N) is 2. The number of aryl methyl sites for hydroxylation is 2. The second-order valence-corrected chi connectivity index (χ2v) is 7.02. The van der Waals surface area contributed by atoms with Crippen LogP contribution in [-0.4, -0.2) is 16.0 Å². The zero-order valence-electron chi connectivity index (χ0n) is 15.5. The summed E-state index contributed by atoms with van der Waals surface area (Å²) >= 11 is 6.02. The van der Waals surface area contributed by atoms with Crippen LogP contribution in [0.5, 0.6) is 0 Å². The molecule has 2 aromatic carbocycles. The van der Waals surface area contributed by atoms with Crippen molar-refractivity contribution in [3.05, 3.63) is 82.0 Å². The summed E-state index contributed by atoms with van der Waals surface area (Å²) in [6.07, 6.45) is 0. The van der Waals surface area contributed by atoms with Gasteiger partial charge in [-0.25, -0.2) is 4.98 Å². The third-order valence-electron chi connectivity index (χ3n) is 4.69. The molecule has 4 rings (SSSR count). The minimum absolute atomic E-state index is 0.193. The van der Waals surface area contributed by atoms with E-state index in [1.54, 1.807) is 12.1 Å². The van der Waals surface area contributed by atoms with E-state index in [4.69, 9.17) is 16.1 Å². The molecule has 4 aromatic rings. The number of carbonyl (C=O) groups excluding carboxylic acids is 1. The molecule has 0 saturated heterocycles. The molecule has 0 saturated carbocycles. The largest absolute Gasteiger partial charge is 0.348 e. The molecule has 0 bridgehead atoms. The number of fused-ring (bicyclic) bond motifs is 1. The second kappa shape index (κ2) is 7.44. The van der Waals surface area contributed by atoms with Crippen molar-refractivity contribution in [1.82, 2.24) is 15.5 Å². The van der Waals surface area contributed by atoms with E-state index in [-0.39, 0.29) is 5.91 Å². The van der Waals surface area contributed by atoms with Gasteiger partial charge in [0.2, 0.25) is 0 Å². The van der Waals surface area contributed by atoms with Crippen molar-refractivity contribution in [3.8, 4) is 11.3 Å². The maximum absolute atomic E-state index is 13.1. The molecule has 2 heterocycles. The number of benzene rings is 2. The average molecular weight is 392 g/mol. The lowest BCUT2D eigenvalue weighted by molar-refractivity contribution is 0.0951. The Morgan fingerprint density at radius 3 is 2.50 bits per heavy atom. The zero-order valence-corrected chi connectivity index (χ0v) is 16.2. The van der Waals surface area contributed by atoms with Crippen LogP contribution in [0.4, 0.5) is 0 Å². The summed E-state index contributed by atoms with van der Waals surface area (Å²) in [5, 5.41) is 8.39. The topological polar surface area (TPSA) is 68.0 Å². The highest BCUT2D eigenvalue weighted by molar-refractivity contribution is 6.30. The summed E-state index contributed by atoms with van der Waals surface area (Å²) in [6.45, 7) is 4.17. The number of amides is 1. The Balaban J connectivity index is 1.81. The van der Waals surface area contributed by atoms with Crippen molar-refractivity contribution in [2.45, 2.75) is 20.4 Å². The van der Waals surface area contributed by atoms with Crippen LogP contribution in [0.1, 0.15) is 27.2 Å². The van der Waals surface area contributed by atoms with E-state index < -0.39 is 0 Å². The first kappa shape index (κ1) is 18.2. The van der Waals surface area contributed by atoms with Crippen LogP contribution in [0.3, 0.4) is 0 Å². The quantitative estimate of drug-likeness (QED) is 0.526. The van der Waals surface area contributed by atoms with Crippen LogP contribution < -0.4 is 5.32 Å². The van der Waals surface area contributed by atoms with Gasteiger partial charge in [-0.2, -0.15) is 0 Å². The van der Waals surface area contributed by atoms with Gasteiger partial charge in [-0.3, -0.25) is 4.79 Å². The highest BCUT2D eigenvalue weighted by atomic mass is 35.5. The van der Waals surface area contributed by atoms with E-state index >= 15 is 0 Å². The Kier molecular flexibility index (Phi) is 4.84. The summed E-state index contributed by atoms with van der Waals surface area (Å²) in [5.41, 5.74) is 4.78. The average Bonchev–Trinajstić information content (AvgIpc) is 3.08. The van der Waals surface area contributed by atoms with E-state index in [0.29, 0.717) is 34.2 Å². The lowest BCUT2D eigenvalue weighted by Crippen LogP contribution is -2.25. The third kappa shape index (κ3) is 3.37. The van der Waals surface area contributed by atoms with Crippen molar-refractivity contribution in [1.29, 1.82) is 0 Å². The molecule has 0 atom stereocenters. The Morgan fingerprint density at radius 1 is 1.07 bits per heavy atom. The van der Waals surface area contributed by atoms with Gasteiger partial charge in [-0.1, -0.05) is 59.2 Å². The molecule has 0 unspecified atom stereocenters. The lowest BCUT2D eigenvalue weighted by atomic mass is 9.98. The molecule has 6 heteroatoms. The normalized spacial score (nSPS) is 11.0. The van der Waals surface area contributed by atoms with Gasteiger partial charge in [0.25, 0.3) is 11.6 Å². The van der Waals surface area contributed by atoms with Gasteiger partial charge in [0.1, 0.15) is 0 Å². The molecule has 1 N–H and O–H groups in total. The first-order valence-corrected chi connectivity index (χ1v) is 9.27. The van der Waals surface area contributed by atoms with E-state index in [0.717, 1.165) is 22.1 Å². The molecule has 0 radical (unpaired) electrons. The molecule has 1 amide bonds. The van der Waals surface area contributed by atoms with E-state index in [9.17, 15) is 4.79 Å². The van der Waals surface area contributed by atoms with Crippen LogP contribution in [0.2, 0.25) is 5.02 Å². The minimum atomic E-state index is -0.193. The number of pyridine rings is 1. The Labute approximate surface area is 167 Å². The Hall–Kier alpha value is -3.18. The number of aromatic nitrogens is 2. The van der Waals surface area contributed by atoms with Gasteiger partial charge in [0, 0.05) is 17.1 Å². The molecule has 0 spiro atoms. The number of carbonyl (C=O) groups is 1. The van der Waals surface area contributed by atoms with Crippen LogP contribution in [0.25, 0.3) is 22.4 Å². The zero-order chi connectivity index (χ0) is 19.7. The third-order valence-corrected chi connectivity index (χ3v) is 4.94. The van der Waals surface area contributed by atoms with Gasteiger partial charge < -0.3 is 9.84 Å². The maximum Gasteiger partial charge on any atom is 0.258 e. The van der Waals surface area contributed by atoms with E-state index in [1.807, 2.05) is 56.3 Å². The molecule has 28 heavy (non-hydrogen) atoms.